The van der Waals surface area contributed by atoms with Crippen LogP contribution in [0.1, 0.15) is 45.4 Å². The summed E-state index contributed by atoms with van der Waals surface area (Å²) >= 11 is 0. The zero-order chi connectivity index (χ0) is 10.7. The van der Waals surface area contributed by atoms with Gasteiger partial charge >= 0.3 is 0 Å². The smallest absolute Gasteiger partial charge is 0.0669 e. The van der Waals surface area contributed by atoms with E-state index in [0.29, 0.717) is 5.92 Å². The van der Waals surface area contributed by atoms with E-state index in [-0.39, 0.29) is 0 Å². The Kier molecular flexibility index (Phi) is 3.64. The molecule has 1 aliphatic carbocycles. The van der Waals surface area contributed by atoms with Gasteiger partial charge in [-0.2, -0.15) is 5.26 Å². The largest absolute Gasteiger partial charge is 0.299 e. The zero-order valence-corrected chi connectivity index (χ0v) is 9.78. The lowest BCUT2D eigenvalue weighted by Gasteiger charge is -2.39. The molecule has 15 heavy (non-hydrogen) atoms. The first-order chi connectivity index (χ1) is 7.29. The molecule has 0 aromatic rings. The van der Waals surface area contributed by atoms with Crippen molar-refractivity contribution in [2.45, 2.75) is 51.5 Å². The average Bonchev–Trinajstić information content (AvgIpc) is 2.30. The van der Waals surface area contributed by atoms with Crippen LogP contribution in [0.15, 0.2) is 0 Å². The topological polar surface area (TPSA) is 27.0 Å². The molecule has 0 amide bonds. The van der Waals surface area contributed by atoms with Crippen molar-refractivity contribution in [3.8, 4) is 6.07 Å². The fraction of sp³-hybridized carbons (Fsp3) is 0.923. The van der Waals surface area contributed by atoms with E-state index in [2.05, 4.69) is 17.9 Å². The Hall–Kier alpha value is -0.550. The van der Waals surface area contributed by atoms with E-state index < -0.39 is 0 Å². The standard InChI is InChI=1S/C13H22N2/c1-11-4-6-13(7-5-11)15-8-2-3-12(9-14)10-15/h11-13H,2-8,10H2,1H3. The van der Waals surface area contributed by atoms with E-state index in [1.807, 2.05) is 0 Å². The van der Waals surface area contributed by atoms with Crippen LogP contribution in [-0.4, -0.2) is 24.0 Å². The van der Waals surface area contributed by atoms with Gasteiger partial charge in [0.05, 0.1) is 12.0 Å². The Balaban J connectivity index is 1.85. The maximum atomic E-state index is 8.97. The first-order valence-electron chi connectivity index (χ1n) is 6.43. The highest BCUT2D eigenvalue weighted by molar-refractivity contribution is 4.91. The molecule has 1 atom stereocenters. The van der Waals surface area contributed by atoms with Gasteiger partial charge in [0, 0.05) is 12.6 Å². The second-order valence-corrected chi connectivity index (χ2v) is 5.38. The van der Waals surface area contributed by atoms with Crippen LogP contribution in [-0.2, 0) is 0 Å². The first kappa shape index (κ1) is 11.0. The van der Waals surface area contributed by atoms with Crippen LogP contribution in [0.4, 0.5) is 0 Å². The van der Waals surface area contributed by atoms with Crippen LogP contribution in [0.25, 0.3) is 0 Å². The molecule has 2 fully saturated rings. The Bertz CT molecular complexity index is 235. The summed E-state index contributed by atoms with van der Waals surface area (Å²) in [6.45, 7) is 4.64. The third-order valence-electron chi connectivity index (χ3n) is 4.14. The molecule has 0 aromatic heterocycles. The minimum Gasteiger partial charge on any atom is -0.299 e. The van der Waals surface area contributed by atoms with Crippen molar-refractivity contribution in [1.29, 1.82) is 5.26 Å². The molecule has 84 valence electrons. The molecular weight excluding hydrogens is 184 g/mol. The lowest BCUT2D eigenvalue weighted by molar-refractivity contribution is 0.102. The van der Waals surface area contributed by atoms with Gasteiger partial charge in [-0.15, -0.1) is 0 Å². The average molecular weight is 206 g/mol. The van der Waals surface area contributed by atoms with Gasteiger partial charge in [0.2, 0.25) is 0 Å². The van der Waals surface area contributed by atoms with Crippen molar-refractivity contribution in [2.24, 2.45) is 11.8 Å². The monoisotopic (exact) mass is 206 g/mol. The fourth-order valence-corrected chi connectivity index (χ4v) is 3.05. The highest BCUT2D eigenvalue weighted by Gasteiger charge is 2.28. The Morgan fingerprint density at radius 2 is 1.87 bits per heavy atom. The Morgan fingerprint density at radius 3 is 2.53 bits per heavy atom. The van der Waals surface area contributed by atoms with Gasteiger partial charge in [-0.05, 0) is 51.0 Å². The van der Waals surface area contributed by atoms with Gasteiger partial charge in [0.15, 0.2) is 0 Å². The third kappa shape index (κ3) is 2.72. The first-order valence-corrected chi connectivity index (χ1v) is 6.43. The van der Waals surface area contributed by atoms with E-state index in [4.69, 9.17) is 5.26 Å². The number of hydrogen-bond acceptors (Lipinski definition) is 2. The molecular formula is C13H22N2. The van der Waals surface area contributed by atoms with E-state index in [9.17, 15) is 0 Å². The van der Waals surface area contributed by atoms with E-state index >= 15 is 0 Å². The van der Waals surface area contributed by atoms with E-state index in [1.165, 1.54) is 38.6 Å². The molecule has 0 aromatic carbocycles. The Morgan fingerprint density at radius 1 is 1.13 bits per heavy atom. The summed E-state index contributed by atoms with van der Waals surface area (Å²) < 4.78 is 0. The SMILES string of the molecule is CC1CCC(N2CCCC(C#N)C2)CC1. The molecule has 1 heterocycles. The van der Waals surface area contributed by atoms with Crippen molar-refractivity contribution in [3.63, 3.8) is 0 Å². The molecule has 2 aliphatic rings. The fourth-order valence-electron chi connectivity index (χ4n) is 3.05. The summed E-state index contributed by atoms with van der Waals surface area (Å²) in [5.41, 5.74) is 0. The molecule has 2 rings (SSSR count). The molecule has 1 aliphatic heterocycles. The van der Waals surface area contributed by atoms with Crippen LogP contribution < -0.4 is 0 Å². The highest BCUT2D eigenvalue weighted by Crippen LogP contribution is 2.29. The van der Waals surface area contributed by atoms with Crippen molar-refractivity contribution < 1.29 is 0 Å². The summed E-state index contributed by atoms with van der Waals surface area (Å²) in [6.07, 6.45) is 7.84. The second-order valence-electron chi connectivity index (χ2n) is 5.38. The van der Waals surface area contributed by atoms with Crippen LogP contribution in [0, 0.1) is 23.2 Å². The molecule has 0 bridgehead atoms. The van der Waals surface area contributed by atoms with Crippen LogP contribution in [0.2, 0.25) is 0 Å². The molecule has 0 spiro atoms. The predicted molar refractivity (Wildman–Crippen MR) is 61.3 cm³/mol. The maximum Gasteiger partial charge on any atom is 0.0669 e. The minimum absolute atomic E-state index is 0.304. The van der Waals surface area contributed by atoms with Crippen molar-refractivity contribution >= 4 is 0 Å². The van der Waals surface area contributed by atoms with Gasteiger partial charge in [-0.1, -0.05) is 6.92 Å². The van der Waals surface area contributed by atoms with Crippen molar-refractivity contribution in [2.75, 3.05) is 13.1 Å². The quantitative estimate of drug-likeness (QED) is 0.659. The van der Waals surface area contributed by atoms with Gasteiger partial charge < -0.3 is 0 Å². The minimum atomic E-state index is 0.304. The number of likely N-dealkylation sites (tertiary alicyclic amines) is 1. The molecule has 2 heteroatoms. The molecule has 1 saturated carbocycles. The molecule has 0 radical (unpaired) electrons. The molecule has 0 N–H and O–H groups in total. The maximum absolute atomic E-state index is 8.97. The van der Waals surface area contributed by atoms with Gasteiger partial charge in [0.25, 0.3) is 0 Å². The van der Waals surface area contributed by atoms with E-state index in [1.54, 1.807) is 0 Å². The molecule has 1 unspecified atom stereocenters. The second kappa shape index (κ2) is 4.99. The zero-order valence-electron chi connectivity index (χ0n) is 9.78. The highest BCUT2D eigenvalue weighted by atomic mass is 15.2. The third-order valence-corrected chi connectivity index (χ3v) is 4.14. The van der Waals surface area contributed by atoms with Crippen molar-refractivity contribution in [3.05, 3.63) is 0 Å². The predicted octanol–water partition coefficient (Wildman–Crippen LogP) is 2.80. The van der Waals surface area contributed by atoms with Gasteiger partial charge in [-0.3, -0.25) is 4.90 Å². The normalized spacial score (nSPS) is 38.5. The summed E-state index contributed by atoms with van der Waals surface area (Å²) in [4.78, 5) is 2.59. The van der Waals surface area contributed by atoms with Gasteiger partial charge in [0.1, 0.15) is 0 Å². The summed E-state index contributed by atoms with van der Waals surface area (Å²) in [5, 5.41) is 8.97. The lowest BCUT2D eigenvalue weighted by atomic mass is 9.85. The number of hydrogen-bond donors (Lipinski definition) is 0. The van der Waals surface area contributed by atoms with E-state index in [0.717, 1.165) is 24.9 Å². The van der Waals surface area contributed by atoms with Crippen molar-refractivity contribution in [1.82, 2.24) is 4.90 Å². The number of nitrogens with zero attached hydrogens (tertiary/aromatic N) is 2. The summed E-state index contributed by atoms with van der Waals surface area (Å²) in [6, 6.07) is 3.23. The lowest BCUT2D eigenvalue weighted by Crippen LogP contribution is -2.43. The number of rotatable bonds is 1. The number of nitriles is 1. The van der Waals surface area contributed by atoms with Crippen LogP contribution in [0.5, 0.6) is 0 Å². The summed E-state index contributed by atoms with van der Waals surface area (Å²) in [5.74, 6) is 1.23. The van der Waals surface area contributed by atoms with Crippen LogP contribution in [0.3, 0.4) is 0 Å². The summed E-state index contributed by atoms with van der Waals surface area (Å²) in [7, 11) is 0. The molecule has 1 saturated heterocycles. The van der Waals surface area contributed by atoms with Gasteiger partial charge in [-0.25, -0.2) is 0 Å². The number of piperidine rings is 1. The Labute approximate surface area is 93.3 Å². The van der Waals surface area contributed by atoms with Crippen LogP contribution >= 0.6 is 0 Å². The molecule has 2 nitrogen and oxygen atoms in total.